The van der Waals surface area contributed by atoms with Gasteiger partial charge in [-0.15, -0.1) is 0 Å². The van der Waals surface area contributed by atoms with Crippen molar-refractivity contribution in [3.63, 3.8) is 0 Å². The normalized spacial score (nSPS) is 26.6. The second-order valence-corrected chi connectivity index (χ2v) is 10.7. The van der Waals surface area contributed by atoms with E-state index in [-0.39, 0.29) is 17.9 Å². The van der Waals surface area contributed by atoms with E-state index in [2.05, 4.69) is 5.32 Å². The second-order valence-electron chi connectivity index (χ2n) is 10.7. The first-order valence-corrected chi connectivity index (χ1v) is 12.9. The van der Waals surface area contributed by atoms with Gasteiger partial charge in [0.15, 0.2) is 23.9 Å². The minimum Gasteiger partial charge on any atom is -0.490 e. The molecule has 2 aromatic carbocycles. The molecule has 0 spiro atoms. The van der Waals surface area contributed by atoms with Crippen LogP contribution in [-0.4, -0.2) is 24.9 Å². The van der Waals surface area contributed by atoms with Crippen molar-refractivity contribution in [3.8, 4) is 11.5 Å². The first-order valence-electron chi connectivity index (χ1n) is 12.9. The Balaban J connectivity index is 1.22. The fourth-order valence-corrected chi connectivity index (χ4v) is 6.75. The number of ketones is 1. The van der Waals surface area contributed by atoms with Crippen LogP contribution < -0.4 is 14.8 Å². The maximum atomic E-state index is 13.3. The van der Waals surface area contributed by atoms with Crippen LogP contribution in [0.4, 0.5) is 5.69 Å². The number of anilines is 1. The van der Waals surface area contributed by atoms with Crippen LogP contribution in [0.15, 0.2) is 48.5 Å². The molecule has 4 bridgehead atoms. The molecular formula is C30H35NO4. The maximum absolute atomic E-state index is 13.3. The molecule has 4 saturated carbocycles. The molecule has 0 atom stereocenters. The fourth-order valence-electron chi connectivity index (χ4n) is 6.75. The minimum absolute atomic E-state index is 0.117. The van der Waals surface area contributed by atoms with E-state index in [9.17, 15) is 9.59 Å². The van der Waals surface area contributed by atoms with E-state index in [1.165, 1.54) is 19.3 Å². The molecule has 4 aliphatic carbocycles. The molecule has 4 fully saturated rings. The van der Waals surface area contributed by atoms with Crippen molar-refractivity contribution in [2.75, 3.05) is 18.5 Å². The zero-order chi connectivity index (χ0) is 24.4. The fraction of sp³-hybridized carbons (Fsp3) is 0.467. The second kappa shape index (κ2) is 9.88. The standard InChI is InChI=1S/C30H35NO4/c1-3-34-27-15-21(6-10-26(27)35-19-29(33)31-25-8-4-20(2)5-9-25)7-11-28(32)30-16-22-12-23(17-30)14-24(13-22)18-30/h4-11,15,22-24H,3,12-14,16-19H2,1-2H3,(H,31,33)/b11-7+. The van der Waals surface area contributed by atoms with Gasteiger partial charge >= 0.3 is 0 Å². The topological polar surface area (TPSA) is 64.6 Å². The number of nitrogens with one attached hydrogen (secondary N) is 1. The molecule has 5 nitrogen and oxygen atoms in total. The average molecular weight is 474 g/mol. The molecule has 2 aromatic rings. The smallest absolute Gasteiger partial charge is 0.262 e. The number of rotatable bonds is 9. The van der Waals surface area contributed by atoms with Crippen molar-refractivity contribution in [2.24, 2.45) is 23.2 Å². The molecule has 0 unspecified atom stereocenters. The Labute approximate surface area is 207 Å². The lowest BCUT2D eigenvalue weighted by Gasteiger charge is -2.55. The van der Waals surface area contributed by atoms with Crippen LogP contribution in [0.5, 0.6) is 11.5 Å². The summed E-state index contributed by atoms with van der Waals surface area (Å²) in [6.07, 6.45) is 10.9. The predicted molar refractivity (Wildman–Crippen MR) is 138 cm³/mol. The number of hydrogen-bond donors (Lipinski definition) is 1. The molecule has 0 heterocycles. The summed E-state index contributed by atoms with van der Waals surface area (Å²) in [5.41, 5.74) is 2.64. The summed E-state index contributed by atoms with van der Waals surface area (Å²) in [6, 6.07) is 13.2. The Morgan fingerprint density at radius 3 is 2.23 bits per heavy atom. The number of hydrogen-bond acceptors (Lipinski definition) is 4. The average Bonchev–Trinajstić information content (AvgIpc) is 2.83. The number of benzene rings is 2. The van der Waals surface area contributed by atoms with Crippen molar-refractivity contribution >= 4 is 23.5 Å². The number of ether oxygens (including phenoxy) is 2. The lowest BCUT2D eigenvalue weighted by molar-refractivity contribution is -0.138. The van der Waals surface area contributed by atoms with Crippen LogP contribution in [0, 0.1) is 30.1 Å². The number of carbonyl (C=O) groups is 2. The predicted octanol–water partition coefficient (Wildman–Crippen LogP) is 6.21. The molecular weight excluding hydrogens is 438 g/mol. The number of aryl methyl sites for hydroxylation is 1. The first-order chi connectivity index (χ1) is 16.9. The highest BCUT2D eigenvalue weighted by Crippen LogP contribution is 2.60. The molecule has 35 heavy (non-hydrogen) atoms. The highest BCUT2D eigenvalue weighted by Gasteiger charge is 2.53. The zero-order valence-corrected chi connectivity index (χ0v) is 20.7. The minimum atomic E-state index is -0.235. The van der Waals surface area contributed by atoms with Gasteiger partial charge in [-0.1, -0.05) is 29.8 Å². The Hall–Kier alpha value is -3.08. The molecule has 6 rings (SSSR count). The summed E-state index contributed by atoms with van der Waals surface area (Å²) in [5.74, 6) is 3.40. The van der Waals surface area contributed by atoms with Gasteiger partial charge in [-0.3, -0.25) is 9.59 Å². The summed E-state index contributed by atoms with van der Waals surface area (Å²) < 4.78 is 11.5. The van der Waals surface area contributed by atoms with Gasteiger partial charge < -0.3 is 14.8 Å². The summed E-state index contributed by atoms with van der Waals surface area (Å²) in [6.45, 7) is 4.27. The van der Waals surface area contributed by atoms with Gasteiger partial charge in [-0.2, -0.15) is 0 Å². The molecule has 0 aromatic heterocycles. The summed E-state index contributed by atoms with van der Waals surface area (Å²) in [5, 5.41) is 2.84. The first kappa shape index (κ1) is 23.7. The number of amides is 1. The van der Waals surface area contributed by atoms with E-state index in [0.717, 1.165) is 53.8 Å². The summed E-state index contributed by atoms with van der Waals surface area (Å²) in [7, 11) is 0. The van der Waals surface area contributed by atoms with E-state index in [4.69, 9.17) is 9.47 Å². The number of allylic oxidation sites excluding steroid dienone is 1. The van der Waals surface area contributed by atoms with E-state index in [1.54, 1.807) is 12.1 Å². The molecule has 184 valence electrons. The van der Waals surface area contributed by atoms with Crippen molar-refractivity contribution < 1.29 is 19.1 Å². The van der Waals surface area contributed by atoms with Crippen LogP contribution in [0.25, 0.3) is 6.08 Å². The van der Waals surface area contributed by atoms with Gasteiger partial charge in [0.25, 0.3) is 5.91 Å². The van der Waals surface area contributed by atoms with Gasteiger partial charge in [0, 0.05) is 11.1 Å². The van der Waals surface area contributed by atoms with Crippen molar-refractivity contribution in [1.82, 2.24) is 0 Å². The van der Waals surface area contributed by atoms with E-state index in [0.29, 0.717) is 23.9 Å². The monoisotopic (exact) mass is 473 g/mol. The summed E-state index contributed by atoms with van der Waals surface area (Å²) >= 11 is 0. The molecule has 0 aliphatic heterocycles. The lowest BCUT2D eigenvalue weighted by Crippen LogP contribution is -2.49. The SMILES string of the molecule is CCOc1cc(/C=C/C(=O)C23CC4CC(CC(C4)C2)C3)ccc1OCC(=O)Nc1ccc(C)cc1. The van der Waals surface area contributed by atoms with E-state index in [1.807, 2.05) is 56.3 Å². The van der Waals surface area contributed by atoms with Gasteiger partial charge in [0.05, 0.1) is 6.61 Å². The Bertz CT molecular complexity index is 1080. The third kappa shape index (κ3) is 5.29. The van der Waals surface area contributed by atoms with Crippen LogP contribution in [-0.2, 0) is 9.59 Å². The van der Waals surface area contributed by atoms with Gasteiger partial charge in [0.1, 0.15) is 0 Å². The van der Waals surface area contributed by atoms with Gasteiger partial charge in [-0.05, 0) is 106 Å². The molecule has 4 aliphatic rings. The molecule has 5 heteroatoms. The van der Waals surface area contributed by atoms with Crippen molar-refractivity contribution in [2.45, 2.75) is 52.4 Å². The molecule has 0 saturated heterocycles. The third-order valence-electron chi connectivity index (χ3n) is 7.95. The highest BCUT2D eigenvalue weighted by molar-refractivity contribution is 5.98. The van der Waals surface area contributed by atoms with E-state index < -0.39 is 0 Å². The van der Waals surface area contributed by atoms with Crippen LogP contribution >= 0.6 is 0 Å². The molecule has 1 N–H and O–H groups in total. The number of carbonyl (C=O) groups excluding carboxylic acids is 2. The van der Waals surface area contributed by atoms with Crippen molar-refractivity contribution in [3.05, 3.63) is 59.7 Å². The quantitative estimate of drug-likeness (QED) is 0.440. The maximum Gasteiger partial charge on any atom is 0.262 e. The van der Waals surface area contributed by atoms with Gasteiger partial charge in [0.2, 0.25) is 0 Å². The third-order valence-corrected chi connectivity index (χ3v) is 7.95. The van der Waals surface area contributed by atoms with Crippen molar-refractivity contribution in [1.29, 1.82) is 0 Å². The largest absolute Gasteiger partial charge is 0.490 e. The van der Waals surface area contributed by atoms with E-state index >= 15 is 0 Å². The lowest BCUT2D eigenvalue weighted by atomic mass is 9.48. The molecule has 0 radical (unpaired) electrons. The van der Waals surface area contributed by atoms with Crippen LogP contribution in [0.3, 0.4) is 0 Å². The molecule has 1 amide bonds. The Morgan fingerprint density at radius 2 is 1.60 bits per heavy atom. The van der Waals surface area contributed by atoms with Crippen LogP contribution in [0.2, 0.25) is 0 Å². The highest BCUT2D eigenvalue weighted by atomic mass is 16.5. The van der Waals surface area contributed by atoms with Gasteiger partial charge in [-0.25, -0.2) is 0 Å². The summed E-state index contributed by atoms with van der Waals surface area (Å²) in [4.78, 5) is 25.6. The Morgan fingerprint density at radius 1 is 0.943 bits per heavy atom. The zero-order valence-electron chi connectivity index (χ0n) is 20.7. The van der Waals surface area contributed by atoms with Crippen LogP contribution in [0.1, 0.15) is 56.6 Å². The Kier molecular flexibility index (Phi) is 6.68.